The lowest BCUT2D eigenvalue weighted by Crippen LogP contribution is -2.26. The maximum atomic E-state index is 12.8. The van der Waals surface area contributed by atoms with Gasteiger partial charge in [-0.05, 0) is 56.9 Å². The number of likely N-dealkylation sites (tertiary alicyclic amines) is 1. The third-order valence-corrected chi connectivity index (χ3v) is 7.04. The molecule has 31 heavy (non-hydrogen) atoms. The third-order valence-electron chi connectivity index (χ3n) is 5.74. The number of rotatable bonds is 6. The van der Waals surface area contributed by atoms with E-state index in [1.807, 2.05) is 37.5 Å². The normalized spacial score (nSPS) is 16.4. The predicted octanol–water partition coefficient (Wildman–Crippen LogP) is 3.20. The number of benzene rings is 1. The van der Waals surface area contributed by atoms with Gasteiger partial charge in [0.25, 0.3) is 10.0 Å². The minimum atomic E-state index is -3.85. The lowest BCUT2D eigenvalue weighted by Gasteiger charge is -2.17. The Morgan fingerprint density at radius 3 is 2.68 bits per heavy atom. The number of carbonyl (C=O) groups excluding carboxylic acids is 1. The number of carbonyl (C=O) groups is 1. The van der Waals surface area contributed by atoms with Crippen molar-refractivity contribution in [2.24, 2.45) is 11.4 Å². The van der Waals surface area contributed by atoms with Crippen LogP contribution in [0.25, 0.3) is 0 Å². The van der Waals surface area contributed by atoms with Gasteiger partial charge in [-0.2, -0.15) is 13.5 Å². The van der Waals surface area contributed by atoms with Crippen molar-refractivity contribution in [1.29, 1.82) is 0 Å². The second-order valence-electron chi connectivity index (χ2n) is 8.06. The van der Waals surface area contributed by atoms with Crippen LogP contribution in [0.1, 0.15) is 49.1 Å². The summed E-state index contributed by atoms with van der Waals surface area (Å²) in [5, 5.41) is 7.18. The molecule has 3 rings (SSSR count). The highest BCUT2D eigenvalue weighted by Gasteiger charge is 2.19. The zero-order chi connectivity index (χ0) is 22.6. The van der Waals surface area contributed by atoms with Gasteiger partial charge in [0.2, 0.25) is 5.91 Å². The van der Waals surface area contributed by atoms with Crippen LogP contribution in [-0.4, -0.2) is 48.4 Å². The summed E-state index contributed by atoms with van der Waals surface area (Å²) in [5.41, 5.74) is 3.47. The molecule has 1 aromatic carbocycles. The van der Waals surface area contributed by atoms with Gasteiger partial charge in [-0.25, -0.2) is 0 Å². The summed E-state index contributed by atoms with van der Waals surface area (Å²) in [5.74, 6) is 0.418. The first kappa shape index (κ1) is 23.0. The van der Waals surface area contributed by atoms with Gasteiger partial charge in [0.1, 0.15) is 5.84 Å². The van der Waals surface area contributed by atoms with Crippen molar-refractivity contribution in [3.63, 3.8) is 0 Å². The summed E-state index contributed by atoms with van der Waals surface area (Å²) in [7, 11) is -0.0872. The number of hydrogen-bond acceptors (Lipinski definition) is 4. The van der Waals surface area contributed by atoms with E-state index in [0.717, 1.165) is 42.8 Å². The Hall–Kier alpha value is -2.68. The SMILES string of the molecule is Cc1nn(C)c(C)c1CCC(=O)Nc1cccc(S(=O)(=O)/N=C2\CCCCCN2C)c1. The van der Waals surface area contributed by atoms with Gasteiger partial charge in [-0.1, -0.05) is 12.5 Å². The molecule has 1 fully saturated rings. The Bertz CT molecular complexity index is 1090. The van der Waals surface area contributed by atoms with Gasteiger partial charge < -0.3 is 10.2 Å². The van der Waals surface area contributed by atoms with E-state index in [2.05, 4.69) is 14.8 Å². The Morgan fingerprint density at radius 1 is 1.19 bits per heavy atom. The van der Waals surface area contributed by atoms with Crippen LogP contribution in [0.2, 0.25) is 0 Å². The standard InChI is InChI=1S/C22H31N5O3S/c1-16-20(17(2)27(4)24-16)12-13-22(28)23-18-9-8-10-19(15-18)31(29,30)25-21-11-6-5-7-14-26(21)3/h8-10,15H,5-7,11-14H2,1-4H3,(H,23,28)/b25-21+. The van der Waals surface area contributed by atoms with Crippen LogP contribution in [-0.2, 0) is 28.3 Å². The largest absolute Gasteiger partial charge is 0.362 e. The molecule has 0 atom stereocenters. The molecule has 168 valence electrons. The zero-order valence-electron chi connectivity index (χ0n) is 18.7. The maximum absolute atomic E-state index is 12.8. The quantitative estimate of drug-likeness (QED) is 0.736. The van der Waals surface area contributed by atoms with Crippen molar-refractivity contribution in [1.82, 2.24) is 14.7 Å². The molecule has 9 heteroatoms. The number of hydrogen-bond donors (Lipinski definition) is 1. The highest BCUT2D eigenvalue weighted by Crippen LogP contribution is 2.21. The summed E-state index contributed by atoms with van der Waals surface area (Å²) in [4.78, 5) is 14.4. The van der Waals surface area contributed by atoms with E-state index in [9.17, 15) is 13.2 Å². The van der Waals surface area contributed by atoms with E-state index in [0.29, 0.717) is 24.4 Å². The summed E-state index contributed by atoms with van der Waals surface area (Å²) < 4.78 is 31.6. The molecule has 2 heterocycles. The van der Waals surface area contributed by atoms with E-state index < -0.39 is 10.0 Å². The van der Waals surface area contributed by atoms with Crippen LogP contribution in [0.3, 0.4) is 0 Å². The molecule has 1 aliphatic heterocycles. The molecular formula is C22H31N5O3S. The van der Waals surface area contributed by atoms with Gasteiger partial charge in [0.05, 0.1) is 10.6 Å². The number of aromatic nitrogens is 2. The molecule has 1 saturated heterocycles. The molecule has 0 aliphatic carbocycles. The molecule has 1 aromatic heterocycles. The molecule has 1 N–H and O–H groups in total. The molecule has 0 bridgehead atoms. The summed E-state index contributed by atoms with van der Waals surface area (Å²) in [6.07, 6.45) is 4.56. The highest BCUT2D eigenvalue weighted by molar-refractivity contribution is 7.90. The van der Waals surface area contributed by atoms with E-state index in [-0.39, 0.29) is 17.2 Å². The van der Waals surface area contributed by atoms with Crippen molar-refractivity contribution >= 4 is 27.5 Å². The minimum absolute atomic E-state index is 0.0781. The highest BCUT2D eigenvalue weighted by atomic mass is 32.2. The lowest BCUT2D eigenvalue weighted by atomic mass is 10.1. The molecule has 1 aliphatic rings. The molecule has 2 aromatic rings. The summed E-state index contributed by atoms with van der Waals surface area (Å²) >= 11 is 0. The number of nitrogens with zero attached hydrogens (tertiary/aromatic N) is 4. The average Bonchev–Trinajstić information content (AvgIpc) is 2.84. The molecule has 0 unspecified atom stereocenters. The third kappa shape index (κ3) is 5.72. The van der Waals surface area contributed by atoms with E-state index in [4.69, 9.17) is 0 Å². The molecule has 0 spiro atoms. The van der Waals surface area contributed by atoms with Crippen LogP contribution in [0.5, 0.6) is 0 Å². The summed E-state index contributed by atoms with van der Waals surface area (Å²) in [6, 6.07) is 6.28. The number of amidine groups is 1. The maximum Gasteiger partial charge on any atom is 0.284 e. The van der Waals surface area contributed by atoms with Crippen molar-refractivity contribution in [2.45, 2.75) is 57.3 Å². The molecular weight excluding hydrogens is 414 g/mol. The molecule has 1 amide bonds. The van der Waals surface area contributed by atoms with Crippen molar-refractivity contribution in [3.8, 4) is 0 Å². The van der Waals surface area contributed by atoms with Crippen LogP contribution in [0, 0.1) is 13.8 Å². The predicted molar refractivity (Wildman–Crippen MR) is 122 cm³/mol. The van der Waals surface area contributed by atoms with Crippen LogP contribution < -0.4 is 5.32 Å². The fourth-order valence-corrected chi connectivity index (χ4v) is 4.95. The van der Waals surface area contributed by atoms with Gasteiger partial charge in [-0.15, -0.1) is 4.40 Å². The number of amides is 1. The lowest BCUT2D eigenvalue weighted by molar-refractivity contribution is -0.116. The number of sulfonamides is 1. The second-order valence-corrected chi connectivity index (χ2v) is 9.67. The molecule has 0 saturated carbocycles. The first-order valence-electron chi connectivity index (χ1n) is 10.6. The van der Waals surface area contributed by atoms with Crippen molar-refractivity contribution in [3.05, 3.63) is 41.2 Å². The van der Waals surface area contributed by atoms with E-state index >= 15 is 0 Å². The molecule has 8 nitrogen and oxygen atoms in total. The zero-order valence-corrected chi connectivity index (χ0v) is 19.5. The number of nitrogens with one attached hydrogen (secondary N) is 1. The van der Waals surface area contributed by atoms with Gasteiger partial charge in [0.15, 0.2) is 0 Å². The Labute approximate surface area is 184 Å². The Balaban J connectivity index is 1.70. The monoisotopic (exact) mass is 445 g/mol. The second kappa shape index (κ2) is 9.64. The Morgan fingerprint density at radius 2 is 1.97 bits per heavy atom. The topological polar surface area (TPSA) is 96.7 Å². The summed E-state index contributed by atoms with van der Waals surface area (Å²) in [6.45, 7) is 4.72. The number of aryl methyl sites for hydroxylation is 2. The van der Waals surface area contributed by atoms with Crippen LogP contribution in [0.15, 0.2) is 33.6 Å². The van der Waals surface area contributed by atoms with E-state index in [1.54, 1.807) is 12.1 Å². The van der Waals surface area contributed by atoms with Gasteiger partial charge in [0, 0.05) is 44.9 Å². The molecule has 0 radical (unpaired) electrons. The fraction of sp³-hybridized carbons (Fsp3) is 0.500. The number of anilines is 1. The van der Waals surface area contributed by atoms with Crippen molar-refractivity contribution < 1.29 is 13.2 Å². The Kier molecular flexibility index (Phi) is 7.15. The minimum Gasteiger partial charge on any atom is -0.362 e. The van der Waals surface area contributed by atoms with Gasteiger partial charge >= 0.3 is 0 Å². The fourth-order valence-electron chi connectivity index (χ4n) is 3.81. The van der Waals surface area contributed by atoms with Crippen LogP contribution >= 0.6 is 0 Å². The average molecular weight is 446 g/mol. The van der Waals surface area contributed by atoms with E-state index in [1.165, 1.54) is 12.1 Å². The van der Waals surface area contributed by atoms with Crippen LogP contribution in [0.4, 0.5) is 5.69 Å². The first-order chi connectivity index (χ1) is 14.7. The smallest absolute Gasteiger partial charge is 0.284 e. The van der Waals surface area contributed by atoms with Crippen molar-refractivity contribution in [2.75, 3.05) is 18.9 Å². The first-order valence-corrected chi connectivity index (χ1v) is 12.1. The van der Waals surface area contributed by atoms with Gasteiger partial charge in [-0.3, -0.25) is 9.48 Å².